The van der Waals surface area contributed by atoms with Crippen molar-refractivity contribution in [2.75, 3.05) is 0 Å². The maximum absolute atomic E-state index is 12.2. The summed E-state index contributed by atoms with van der Waals surface area (Å²) < 4.78 is 2.09. The lowest BCUT2D eigenvalue weighted by Gasteiger charge is -2.50. The van der Waals surface area contributed by atoms with E-state index >= 15 is 0 Å². The van der Waals surface area contributed by atoms with Gasteiger partial charge in [0.1, 0.15) is 11.3 Å². The molecule has 2 unspecified atom stereocenters. The number of aromatic nitrogens is 2. The van der Waals surface area contributed by atoms with Gasteiger partial charge in [-0.15, -0.1) is 0 Å². The third-order valence-corrected chi connectivity index (χ3v) is 8.95. The lowest BCUT2D eigenvalue weighted by molar-refractivity contribution is 0.0820. The van der Waals surface area contributed by atoms with E-state index in [0.29, 0.717) is 0 Å². The van der Waals surface area contributed by atoms with Crippen molar-refractivity contribution < 1.29 is 5.11 Å². The maximum Gasteiger partial charge on any atom is 0.145 e. The molecule has 3 nitrogen and oxygen atoms in total. The highest BCUT2D eigenvalue weighted by molar-refractivity contribution is 8.38. The molecule has 3 aromatic rings. The van der Waals surface area contributed by atoms with E-state index in [1.54, 1.807) is 6.20 Å². The van der Waals surface area contributed by atoms with E-state index in [1.165, 1.54) is 0 Å². The van der Waals surface area contributed by atoms with Crippen LogP contribution in [0.2, 0.25) is 0 Å². The van der Waals surface area contributed by atoms with Gasteiger partial charge in [0.15, 0.2) is 0 Å². The summed E-state index contributed by atoms with van der Waals surface area (Å²) in [6, 6.07) is 20.3. The molecule has 4 rings (SSSR count). The molecule has 27 heavy (non-hydrogen) atoms. The molecule has 2 aromatic carbocycles. The molecule has 1 aliphatic heterocycles. The summed E-state index contributed by atoms with van der Waals surface area (Å²) in [5, 5.41) is 16.7. The highest BCUT2D eigenvalue weighted by Crippen LogP contribution is 2.71. The Bertz CT molecular complexity index is 964. The zero-order valence-electron chi connectivity index (χ0n) is 15.6. The fourth-order valence-electron chi connectivity index (χ4n) is 3.73. The van der Waals surface area contributed by atoms with Gasteiger partial charge in [-0.25, -0.2) is 4.98 Å². The van der Waals surface area contributed by atoms with Gasteiger partial charge in [-0.3, -0.25) is 3.97 Å². The molecule has 1 N–H and O–H groups in total. The highest BCUT2D eigenvalue weighted by atomic mass is 32.3. The summed E-state index contributed by atoms with van der Waals surface area (Å²) in [5.41, 5.74) is 3.22. The minimum absolute atomic E-state index is 0.00771. The zero-order valence-corrected chi connectivity index (χ0v) is 16.4. The Balaban J connectivity index is 1.96. The van der Waals surface area contributed by atoms with Crippen LogP contribution >= 0.6 is 10.2 Å². The summed E-state index contributed by atoms with van der Waals surface area (Å²) in [6.07, 6.45) is 7.70. The Labute approximate surface area is 162 Å². The van der Waals surface area contributed by atoms with Gasteiger partial charge < -0.3 is 5.11 Å². The Morgan fingerprint density at radius 2 is 1.67 bits per heavy atom. The first-order valence-electron chi connectivity index (χ1n) is 9.12. The average molecular weight is 377 g/mol. The second-order valence-corrected chi connectivity index (χ2v) is 9.96. The number of imidazole rings is 1. The first kappa shape index (κ1) is 17.8. The van der Waals surface area contributed by atoms with Gasteiger partial charge in [0.2, 0.25) is 0 Å². The monoisotopic (exact) mass is 376 g/mol. The van der Waals surface area contributed by atoms with Crippen molar-refractivity contribution >= 4 is 15.8 Å². The third-order valence-electron chi connectivity index (χ3n) is 5.17. The smallest absolute Gasteiger partial charge is 0.145 e. The molecule has 1 aliphatic rings. The van der Waals surface area contributed by atoms with Crippen molar-refractivity contribution in [2.24, 2.45) is 5.92 Å². The number of rotatable bonds is 5. The molecule has 138 valence electrons. The van der Waals surface area contributed by atoms with E-state index in [-0.39, 0.29) is 5.92 Å². The van der Waals surface area contributed by atoms with Crippen LogP contribution in [0.3, 0.4) is 0 Å². The van der Waals surface area contributed by atoms with Crippen molar-refractivity contribution in [2.45, 2.75) is 18.8 Å². The Morgan fingerprint density at radius 1 is 1.00 bits per heavy atom. The number of nitrogens with zero attached hydrogens (tertiary/aromatic N) is 2. The van der Waals surface area contributed by atoms with Crippen molar-refractivity contribution in [1.29, 1.82) is 0 Å². The predicted molar refractivity (Wildman–Crippen MR) is 114 cm³/mol. The molecular formula is C23H24N2OS. The first-order valence-corrected chi connectivity index (χ1v) is 10.8. The van der Waals surface area contributed by atoms with E-state index < -0.39 is 15.1 Å². The summed E-state index contributed by atoms with van der Waals surface area (Å²) >= 11 is 0. The molecule has 0 aliphatic carbocycles. The average Bonchev–Trinajstić information content (AvgIpc) is 3.39. The fourth-order valence-corrected chi connectivity index (χ4v) is 7.47. The van der Waals surface area contributed by atoms with Gasteiger partial charge in [0, 0.05) is 12.4 Å². The van der Waals surface area contributed by atoms with E-state index in [9.17, 15) is 5.11 Å². The van der Waals surface area contributed by atoms with Crippen molar-refractivity contribution in [3.8, 4) is 0 Å². The van der Waals surface area contributed by atoms with Gasteiger partial charge in [0.25, 0.3) is 0 Å². The second-order valence-electron chi connectivity index (χ2n) is 7.06. The molecule has 1 aromatic heterocycles. The molecule has 0 radical (unpaired) electrons. The number of hydrogen-bond donors (Lipinski definition) is 1. The summed E-state index contributed by atoms with van der Waals surface area (Å²) in [5.74, 6) is 0.00771. The van der Waals surface area contributed by atoms with Crippen LogP contribution in [-0.2, 0) is 4.93 Å². The minimum atomic E-state index is -1.92. The number of hydrogen-bond acceptors (Lipinski definition) is 2. The van der Waals surface area contributed by atoms with Crippen LogP contribution in [0.4, 0.5) is 0 Å². The summed E-state index contributed by atoms with van der Waals surface area (Å²) in [6.45, 7) is 4.17. The van der Waals surface area contributed by atoms with E-state index in [4.69, 9.17) is 0 Å². The zero-order chi connectivity index (χ0) is 18.9. The van der Waals surface area contributed by atoms with Crippen molar-refractivity contribution in [3.05, 3.63) is 107 Å². The Morgan fingerprint density at radius 3 is 2.26 bits per heavy atom. The molecule has 0 amide bonds. The van der Waals surface area contributed by atoms with E-state index in [0.717, 1.165) is 16.7 Å². The summed E-state index contributed by atoms with van der Waals surface area (Å²) in [4.78, 5) is 3.23. The number of aliphatic hydroxyl groups is 1. The molecule has 0 saturated carbocycles. The fraction of sp³-hybridized carbons (Fsp3) is 0.174. The van der Waals surface area contributed by atoms with Crippen LogP contribution in [0.25, 0.3) is 5.57 Å². The van der Waals surface area contributed by atoms with E-state index in [1.807, 2.05) is 61.1 Å². The predicted octanol–water partition coefficient (Wildman–Crippen LogP) is 5.52. The molecule has 4 heteroatoms. The van der Waals surface area contributed by atoms with Crippen LogP contribution in [-0.4, -0.2) is 14.1 Å². The standard InChI is InChI=1S/C23H24N2OS/c1-19(2)23(26,22-11-7-4-8-12-22)27(25-15-14-24-18-25)16-13-21(17-27)20-9-5-3-6-10-20/h3-19,26H,1-2H3. The largest absolute Gasteiger partial charge is 0.374 e. The first-order chi connectivity index (χ1) is 13.1. The molecular weight excluding hydrogens is 352 g/mol. The van der Waals surface area contributed by atoms with Crippen molar-refractivity contribution in [3.63, 3.8) is 0 Å². The SMILES string of the molecule is CC(C)C(O)(c1ccccc1)S1(n2ccnc2)C=CC(c2ccccc2)=C1. The van der Waals surface area contributed by atoms with Gasteiger partial charge in [-0.2, -0.15) is 0 Å². The molecule has 0 spiro atoms. The van der Waals surface area contributed by atoms with Crippen LogP contribution in [0.15, 0.2) is 96.3 Å². The minimum Gasteiger partial charge on any atom is -0.374 e. The Kier molecular flexibility index (Phi) is 4.54. The van der Waals surface area contributed by atoms with Crippen LogP contribution in [0, 0.1) is 5.92 Å². The van der Waals surface area contributed by atoms with Crippen LogP contribution < -0.4 is 0 Å². The lowest BCUT2D eigenvalue weighted by Crippen LogP contribution is -2.38. The van der Waals surface area contributed by atoms with Crippen LogP contribution in [0.5, 0.6) is 0 Å². The van der Waals surface area contributed by atoms with Gasteiger partial charge >= 0.3 is 0 Å². The molecule has 0 bridgehead atoms. The van der Waals surface area contributed by atoms with Crippen molar-refractivity contribution in [1.82, 2.24) is 8.96 Å². The lowest BCUT2D eigenvalue weighted by atomic mass is 9.98. The highest BCUT2D eigenvalue weighted by Gasteiger charge is 2.50. The molecule has 2 atom stereocenters. The quantitative estimate of drug-likeness (QED) is 0.637. The number of benzene rings is 2. The second kappa shape index (κ2) is 6.87. The van der Waals surface area contributed by atoms with E-state index in [2.05, 4.69) is 51.8 Å². The normalized spacial score (nSPS) is 23.6. The van der Waals surface area contributed by atoms with Gasteiger partial charge in [0.05, 0.1) is 0 Å². The topological polar surface area (TPSA) is 38.0 Å². The summed E-state index contributed by atoms with van der Waals surface area (Å²) in [7, 11) is -1.92. The van der Waals surface area contributed by atoms with Crippen LogP contribution in [0.1, 0.15) is 25.0 Å². The number of allylic oxidation sites excluding steroid dienone is 2. The molecule has 0 fully saturated rings. The Hall–Kier alpha value is -2.56. The third kappa shape index (κ3) is 2.76. The van der Waals surface area contributed by atoms with Gasteiger partial charge in [-0.1, -0.05) is 84.7 Å². The molecule has 0 saturated heterocycles. The molecule has 2 heterocycles. The van der Waals surface area contributed by atoms with Gasteiger partial charge in [-0.05, 0) is 39.5 Å². The maximum atomic E-state index is 12.2.